The number of aryl methyl sites for hydroxylation is 1. The molecule has 0 amide bonds. The van der Waals surface area contributed by atoms with E-state index in [1.54, 1.807) is 0 Å². The van der Waals surface area contributed by atoms with Crippen LogP contribution in [0.25, 0.3) is 0 Å². The first kappa shape index (κ1) is 12.3. The molecule has 2 aliphatic rings. The highest BCUT2D eigenvalue weighted by molar-refractivity contribution is 6.30. The van der Waals surface area contributed by atoms with Crippen molar-refractivity contribution < 1.29 is 9.47 Å². The molecule has 0 saturated carbocycles. The van der Waals surface area contributed by atoms with E-state index in [-0.39, 0.29) is 5.79 Å². The third-order valence-corrected chi connectivity index (χ3v) is 3.95. The molecule has 2 fully saturated rings. The lowest BCUT2D eigenvalue weighted by Crippen LogP contribution is -2.45. The second kappa shape index (κ2) is 4.72. The second-order valence-electron chi connectivity index (χ2n) is 5.08. The van der Waals surface area contributed by atoms with Crippen molar-refractivity contribution in [2.45, 2.75) is 25.6 Å². The predicted octanol–water partition coefficient (Wildman–Crippen LogP) is 2.99. The largest absolute Gasteiger partial charge is 0.371 e. The predicted molar refractivity (Wildman–Crippen MR) is 72.3 cm³/mol. The van der Waals surface area contributed by atoms with Gasteiger partial charge in [0, 0.05) is 36.6 Å². The van der Waals surface area contributed by atoms with Crippen LogP contribution >= 0.6 is 11.6 Å². The zero-order valence-electron chi connectivity index (χ0n) is 10.6. The van der Waals surface area contributed by atoms with E-state index in [0.29, 0.717) is 0 Å². The number of hydrogen-bond donors (Lipinski definition) is 0. The Morgan fingerprint density at radius 2 is 1.78 bits per heavy atom. The number of anilines is 1. The van der Waals surface area contributed by atoms with Crippen LogP contribution in [0.4, 0.5) is 5.69 Å². The topological polar surface area (TPSA) is 21.7 Å². The van der Waals surface area contributed by atoms with Gasteiger partial charge < -0.3 is 14.4 Å². The van der Waals surface area contributed by atoms with Crippen molar-refractivity contribution in [2.24, 2.45) is 0 Å². The van der Waals surface area contributed by atoms with Gasteiger partial charge in [0.25, 0.3) is 0 Å². The van der Waals surface area contributed by atoms with Gasteiger partial charge in [0.15, 0.2) is 5.79 Å². The normalized spacial score (nSPS) is 22.7. The maximum atomic E-state index is 6.11. The molecule has 0 aliphatic carbocycles. The van der Waals surface area contributed by atoms with E-state index in [2.05, 4.69) is 17.9 Å². The number of benzene rings is 1. The van der Waals surface area contributed by atoms with Gasteiger partial charge >= 0.3 is 0 Å². The molecular weight excluding hydrogens is 250 g/mol. The summed E-state index contributed by atoms with van der Waals surface area (Å²) in [5.41, 5.74) is 2.40. The van der Waals surface area contributed by atoms with E-state index in [9.17, 15) is 0 Å². The van der Waals surface area contributed by atoms with Crippen molar-refractivity contribution in [1.29, 1.82) is 0 Å². The lowest BCUT2D eigenvalue weighted by atomic mass is 10.0. The maximum absolute atomic E-state index is 6.11. The summed E-state index contributed by atoms with van der Waals surface area (Å²) in [7, 11) is 0. The van der Waals surface area contributed by atoms with Crippen molar-refractivity contribution >= 4 is 17.3 Å². The summed E-state index contributed by atoms with van der Waals surface area (Å²) in [5.74, 6) is -0.301. The molecule has 0 aromatic heterocycles. The Balaban J connectivity index is 1.72. The summed E-state index contributed by atoms with van der Waals surface area (Å²) in [6.45, 7) is 5.45. The fraction of sp³-hybridized carbons (Fsp3) is 0.571. The summed E-state index contributed by atoms with van der Waals surface area (Å²) in [5, 5.41) is 0.804. The van der Waals surface area contributed by atoms with E-state index in [4.69, 9.17) is 21.1 Å². The number of rotatable bonds is 1. The number of nitrogens with zero attached hydrogens (tertiary/aromatic N) is 1. The molecule has 0 unspecified atom stereocenters. The Morgan fingerprint density at radius 3 is 2.39 bits per heavy atom. The molecule has 0 atom stereocenters. The van der Waals surface area contributed by atoms with Crippen LogP contribution in [0.15, 0.2) is 18.2 Å². The van der Waals surface area contributed by atoms with E-state index in [1.807, 2.05) is 12.1 Å². The van der Waals surface area contributed by atoms with Gasteiger partial charge in [0.2, 0.25) is 0 Å². The summed E-state index contributed by atoms with van der Waals surface area (Å²) in [6.07, 6.45) is 1.86. The smallest absolute Gasteiger partial charge is 0.171 e. The molecule has 2 heterocycles. The molecule has 0 bridgehead atoms. The summed E-state index contributed by atoms with van der Waals surface area (Å²) >= 11 is 6.11. The third kappa shape index (κ3) is 2.35. The molecule has 0 radical (unpaired) electrons. The van der Waals surface area contributed by atoms with Crippen LogP contribution in [-0.2, 0) is 9.47 Å². The number of hydrogen-bond acceptors (Lipinski definition) is 3. The Kier molecular flexibility index (Phi) is 3.22. The minimum Gasteiger partial charge on any atom is -0.371 e. The molecular formula is C14H18ClNO2. The Bertz CT molecular complexity index is 413. The zero-order chi connectivity index (χ0) is 12.6. The molecule has 2 aliphatic heterocycles. The quantitative estimate of drug-likeness (QED) is 0.781. The SMILES string of the molecule is Cc1cc(Cl)cc(N2CCC3(CC2)OCCO3)c1. The molecule has 2 saturated heterocycles. The molecule has 3 rings (SSSR count). The Labute approximate surface area is 113 Å². The van der Waals surface area contributed by atoms with E-state index >= 15 is 0 Å². The fourth-order valence-corrected chi connectivity index (χ4v) is 3.07. The van der Waals surface area contributed by atoms with Gasteiger partial charge in [-0.2, -0.15) is 0 Å². The van der Waals surface area contributed by atoms with Gasteiger partial charge in [-0.25, -0.2) is 0 Å². The Morgan fingerprint density at radius 1 is 1.11 bits per heavy atom. The van der Waals surface area contributed by atoms with Crippen LogP contribution in [0.2, 0.25) is 5.02 Å². The van der Waals surface area contributed by atoms with Gasteiger partial charge in [0.1, 0.15) is 0 Å². The first-order valence-corrected chi connectivity index (χ1v) is 6.85. The highest BCUT2D eigenvalue weighted by Crippen LogP contribution is 2.34. The average molecular weight is 268 g/mol. The number of ether oxygens (including phenoxy) is 2. The second-order valence-corrected chi connectivity index (χ2v) is 5.52. The van der Waals surface area contributed by atoms with Gasteiger partial charge in [-0.05, 0) is 30.7 Å². The lowest BCUT2D eigenvalue weighted by molar-refractivity contribution is -0.169. The van der Waals surface area contributed by atoms with Crippen LogP contribution in [0.3, 0.4) is 0 Å². The van der Waals surface area contributed by atoms with Crippen LogP contribution in [0.5, 0.6) is 0 Å². The minimum atomic E-state index is -0.301. The molecule has 0 N–H and O–H groups in total. The average Bonchev–Trinajstić information content (AvgIpc) is 2.77. The molecule has 18 heavy (non-hydrogen) atoms. The molecule has 1 aromatic rings. The summed E-state index contributed by atoms with van der Waals surface area (Å²) < 4.78 is 11.5. The zero-order valence-corrected chi connectivity index (χ0v) is 11.4. The van der Waals surface area contributed by atoms with Crippen molar-refractivity contribution in [3.63, 3.8) is 0 Å². The lowest BCUT2D eigenvalue weighted by Gasteiger charge is -2.38. The summed E-state index contributed by atoms with van der Waals surface area (Å²) in [6, 6.07) is 6.20. The van der Waals surface area contributed by atoms with Gasteiger partial charge in [0.05, 0.1) is 13.2 Å². The van der Waals surface area contributed by atoms with Crippen molar-refractivity contribution in [1.82, 2.24) is 0 Å². The van der Waals surface area contributed by atoms with Gasteiger partial charge in [-0.3, -0.25) is 0 Å². The highest BCUT2D eigenvalue weighted by Gasteiger charge is 2.39. The van der Waals surface area contributed by atoms with Crippen LogP contribution < -0.4 is 4.90 Å². The van der Waals surface area contributed by atoms with E-state index in [1.165, 1.54) is 11.3 Å². The maximum Gasteiger partial charge on any atom is 0.171 e. The first-order chi connectivity index (χ1) is 8.67. The molecule has 1 spiro atoms. The van der Waals surface area contributed by atoms with Crippen molar-refractivity contribution in [2.75, 3.05) is 31.2 Å². The van der Waals surface area contributed by atoms with Gasteiger partial charge in [-0.1, -0.05) is 11.6 Å². The van der Waals surface area contributed by atoms with Crippen molar-refractivity contribution in [3.8, 4) is 0 Å². The first-order valence-electron chi connectivity index (χ1n) is 6.47. The van der Waals surface area contributed by atoms with Crippen molar-refractivity contribution in [3.05, 3.63) is 28.8 Å². The standard InChI is InChI=1S/C14H18ClNO2/c1-11-8-12(15)10-13(9-11)16-4-2-14(3-5-16)17-6-7-18-14/h8-10H,2-7H2,1H3. The molecule has 3 nitrogen and oxygen atoms in total. The molecule has 98 valence electrons. The third-order valence-electron chi connectivity index (χ3n) is 3.73. The molecule has 1 aromatic carbocycles. The summed E-state index contributed by atoms with van der Waals surface area (Å²) in [4.78, 5) is 2.36. The van der Waals surface area contributed by atoms with Crippen LogP contribution in [-0.4, -0.2) is 32.1 Å². The van der Waals surface area contributed by atoms with E-state index < -0.39 is 0 Å². The van der Waals surface area contributed by atoms with Gasteiger partial charge in [-0.15, -0.1) is 0 Å². The number of halogens is 1. The highest BCUT2D eigenvalue weighted by atomic mass is 35.5. The van der Waals surface area contributed by atoms with E-state index in [0.717, 1.165) is 44.2 Å². The monoisotopic (exact) mass is 267 g/mol. The van der Waals surface area contributed by atoms with Crippen LogP contribution in [0, 0.1) is 6.92 Å². The Hall–Kier alpha value is -0.770. The molecule has 4 heteroatoms. The van der Waals surface area contributed by atoms with Crippen LogP contribution in [0.1, 0.15) is 18.4 Å². The number of piperidine rings is 1. The fourth-order valence-electron chi connectivity index (χ4n) is 2.79. The minimum absolute atomic E-state index is 0.301.